The van der Waals surface area contributed by atoms with Gasteiger partial charge in [0.1, 0.15) is 17.0 Å². The zero-order valence-electron chi connectivity index (χ0n) is 27.5. The summed E-state index contributed by atoms with van der Waals surface area (Å²) in [5.74, 6) is 0.138. The van der Waals surface area contributed by atoms with Crippen LogP contribution in [0.2, 0.25) is 0 Å². The third kappa shape index (κ3) is 9.69. The lowest BCUT2D eigenvalue weighted by molar-refractivity contribution is -0.171. The highest BCUT2D eigenvalue weighted by Crippen LogP contribution is 2.30. The number of carbonyl (C=O) groups is 2. The molecule has 0 bridgehead atoms. The monoisotopic (exact) mass is 579 g/mol. The molecule has 9 nitrogen and oxygen atoms in total. The van der Waals surface area contributed by atoms with Crippen LogP contribution in [-0.4, -0.2) is 56.6 Å². The van der Waals surface area contributed by atoms with Crippen molar-refractivity contribution < 1.29 is 19.1 Å². The number of esters is 1. The molecular formula is C33H49N5O4. The Labute approximate surface area is 251 Å². The van der Waals surface area contributed by atoms with Crippen LogP contribution >= 0.6 is 0 Å². The second-order valence-electron chi connectivity index (χ2n) is 11.9. The first-order chi connectivity index (χ1) is 19.6. The number of amides is 1. The number of hydrogen-bond donors (Lipinski definition) is 1. The fourth-order valence-electron chi connectivity index (χ4n) is 4.33. The molecule has 0 aliphatic carbocycles. The largest absolute Gasteiger partial charge is 0.476 e. The molecule has 9 heteroatoms. The lowest BCUT2D eigenvalue weighted by Crippen LogP contribution is -2.43. The minimum Gasteiger partial charge on any atom is -0.476 e. The standard InChI is InChI=1S/C31H43N5O4.C2H6/c1-20-12-11-13-25(14-20)36-33-23(4)26(34-36)18-35(19-27(37)32-10)17-24-15-21(2)28(22(3)16-24)39-31(8,9)29(38)40-30(5,6)7;1-2/h11-16H,17-19H2,1-10H3,(H,32,37);1-2H3. The van der Waals surface area contributed by atoms with Crippen LogP contribution in [0.4, 0.5) is 0 Å². The summed E-state index contributed by atoms with van der Waals surface area (Å²) in [5.41, 5.74) is 4.68. The van der Waals surface area contributed by atoms with Gasteiger partial charge < -0.3 is 14.8 Å². The topological polar surface area (TPSA) is 98.6 Å². The predicted octanol–water partition coefficient (Wildman–Crippen LogP) is 5.77. The van der Waals surface area contributed by atoms with E-state index in [2.05, 4.69) is 10.4 Å². The molecule has 230 valence electrons. The van der Waals surface area contributed by atoms with Crippen molar-refractivity contribution in [1.82, 2.24) is 25.2 Å². The molecule has 1 amide bonds. The van der Waals surface area contributed by atoms with Gasteiger partial charge in [0.15, 0.2) is 5.60 Å². The SMILES string of the molecule is CC.CNC(=O)CN(Cc1cc(C)c(OC(C)(C)C(=O)OC(C)(C)C)c(C)c1)Cc1nn(-c2cccc(C)c2)nc1C. The van der Waals surface area contributed by atoms with E-state index in [4.69, 9.17) is 14.6 Å². The highest BCUT2D eigenvalue weighted by Gasteiger charge is 2.35. The molecule has 1 N–H and O–H groups in total. The van der Waals surface area contributed by atoms with Crippen LogP contribution in [0.25, 0.3) is 5.69 Å². The fraction of sp³-hybridized carbons (Fsp3) is 0.515. The van der Waals surface area contributed by atoms with Crippen molar-refractivity contribution in [3.05, 3.63) is 70.0 Å². The predicted molar refractivity (Wildman–Crippen MR) is 167 cm³/mol. The summed E-state index contributed by atoms with van der Waals surface area (Å²) in [5, 5.41) is 12.1. The van der Waals surface area contributed by atoms with E-state index in [1.54, 1.807) is 25.7 Å². The van der Waals surface area contributed by atoms with Gasteiger partial charge >= 0.3 is 5.97 Å². The summed E-state index contributed by atoms with van der Waals surface area (Å²) in [6.45, 7) is 22.0. The van der Waals surface area contributed by atoms with Gasteiger partial charge in [-0.2, -0.15) is 15.0 Å². The van der Waals surface area contributed by atoms with Gasteiger partial charge in [0.25, 0.3) is 0 Å². The van der Waals surface area contributed by atoms with Crippen molar-refractivity contribution in [3.8, 4) is 11.4 Å². The van der Waals surface area contributed by atoms with Crippen molar-refractivity contribution in [2.45, 2.75) is 100 Å². The molecule has 0 radical (unpaired) electrons. The summed E-state index contributed by atoms with van der Waals surface area (Å²) in [6, 6.07) is 12.1. The van der Waals surface area contributed by atoms with Crippen LogP contribution in [0.5, 0.6) is 5.75 Å². The van der Waals surface area contributed by atoms with Crippen molar-refractivity contribution in [3.63, 3.8) is 0 Å². The number of aromatic nitrogens is 3. The van der Waals surface area contributed by atoms with Crippen LogP contribution < -0.4 is 10.1 Å². The van der Waals surface area contributed by atoms with Gasteiger partial charge in [0.2, 0.25) is 5.91 Å². The quantitative estimate of drug-likeness (QED) is 0.304. The second-order valence-corrected chi connectivity index (χ2v) is 11.9. The highest BCUT2D eigenvalue weighted by atomic mass is 16.6. The van der Waals surface area contributed by atoms with Gasteiger partial charge in [-0.25, -0.2) is 4.79 Å². The van der Waals surface area contributed by atoms with Gasteiger partial charge in [-0.15, -0.1) is 0 Å². The van der Waals surface area contributed by atoms with Crippen LogP contribution in [0.3, 0.4) is 0 Å². The minimum atomic E-state index is -1.16. The number of rotatable bonds is 10. The van der Waals surface area contributed by atoms with E-state index in [0.29, 0.717) is 18.8 Å². The first kappa shape index (κ1) is 34.5. The number of ether oxygens (including phenoxy) is 2. The zero-order chi connectivity index (χ0) is 31.8. The number of benzene rings is 2. The second kappa shape index (κ2) is 14.4. The molecule has 0 spiro atoms. The van der Waals surface area contributed by atoms with Gasteiger partial charge in [-0.3, -0.25) is 9.69 Å². The van der Waals surface area contributed by atoms with Gasteiger partial charge in [0, 0.05) is 20.1 Å². The maximum Gasteiger partial charge on any atom is 0.350 e. The number of nitrogens with one attached hydrogen (secondary N) is 1. The van der Waals surface area contributed by atoms with Crippen LogP contribution in [0.15, 0.2) is 36.4 Å². The third-order valence-corrected chi connectivity index (χ3v) is 6.30. The van der Waals surface area contributed by atoms with Crippen LogP contribution in [0, 0.1) is 27.7 Å². The van der Waals surface area contributed by atoms with E-state index >= 15 is 0 Å². The minimum absolute atomic E-state index is 0.0868. The normalized spacial score (nSPS) is 11.5. The summed E-state index contributed by atoms with van der Waals surface area (Å²) in [6.07, 6.45) is 0. The first-order valence-electron chi connectivity index (χ1n) is 14.5. The molecule has 0 unspecified atom stereocenters. The molecule has 0 aliphatic heterocycles. The molecule has 0 saturated heterocycles. The first-order valence-corrected chi connectivity index (χ1v) is 14.5. The number of aryl methyl sites for hydroxylation is 4. The Balaban J connectivity index is 0.00000301. The average molecular weight is 580 g/mol. The zero-order valence-corrected chi connectivity index (χ0v) is 27.5. The van der Waals surface area contributed by atoms with Gasteiger partial charge in [0.05, 0.1) is 17.9 Å². The van der Waals surface area contributed by atoms with Gasteiger partial charge in [-0.05, 0) is 96.7 Å². The summed E-state index contributed by atoms with van der Waals surface area (Å²) in [7, 11) is 1.63. The molecular weight excluding hydrogens is 530 g/mol. The number of hydrogen-bond acceptors (Lipinski definition) is 7. The molecule has 2 aromatic carbocycles. The maximum absolute atomic E-state index is 12.8. The Hall–Kier alpha value is -3.72. The number of likely N-dealkylation sites (N-methyl/N-ethyl adjacent to an activating group) is 1. The molecule has 0 fully saturated rings. The van der Waals surface area contributed by atoms with Crippen molar-refractivity contribution >= 4 is 11.9 Å². The average Bonchev–Trinajstić information content (AvgIpc) is 3.26. The molecule has 0 atom stereocenters. The highest BCUT2D eigenvalue weighted by molar-refractivity contribution is 5.79. The molecule has 3 aromatic rings. The molecule has 42 heavy (non-hydrogen) atoms. The lowest BCUT2D eigenvalue weighted by atomic mass is 10.0. The summed E-state index contributed by atoms with van der Waals surface area (Å²) < 4.78 is 11.8. The van der Waals surface area contributed by atoms with E-state index in [1.165, 1.54) is 0 Å². The van der Waals surface area contributed by atoms with E-state index in [0.717, 1.165) is 39.3 Å². The van der Waals surface area contributed by atoms with E-state index < -0.39 is 17.2 Å². The van der Waals surface area contributed by atoms with E-state index in [1.807, 2.05) is 104 Å². The van der Waals surface area contributed by atoms with Crippen molar-refractivity contribution in [2.75, 3.05) is 13.6 Å². The van der Waals surface area contributed by atoms with Crippen molar-refractivity contribution in [2.24, 2.45) is 0 Å². The van der Waals surface area contributed by atoms with E-state index in [-0.39, 0.29) is 12.5 Å². The molecule has 0 saturated carbocycles. The Morgan fingerprint density at radius 3 is 2.10 bits per heavy atom. The van der Waals surface area contributed by atoms with Crippen LogP contribution in [0.1, 0.15) is 82.1 Å². The van der Waals surface area contributed by atoms with E-state index in [9.17, 15) is 9.59 Å². The molecule has 3 rings (SSSR count). The number of carbonyl (C=O) groups excluding carboxylic acids is 2. The maximum atomic E-state index is 12.8. The Bertz CT molecular complexity index is 1350. The molecule has 1 heterocycles. The van der Waals surface area contributed by atoms with Gasteiger partial charge in [-0.1, -0.05) is 38.1 Å². The van der Waals surface area contributed by atoms with Crippen LogP contribution in [-0.2, 0) is 27.4 Å². The summed E-state index contributed by atoms with van der Waals surface area (Å²) in [4.78, 5) is 28.8. The Morgan fingerprint density at radius 2 is 1.55 bits per heavy atom. The molecule has 1 aromatic heterocycles. The molecule has 0 aliphatic rings. The smallest absolute Gasteiger partial charge is 0.350 e. The number of nitrogens with zero attached hydrogens (tertiary/aromatic N) is 4. The summed E-state index contributed by atoms with van der Waals surface area (Å²) >= 11 is 0. The third-order valence-electron chi connectivity index (χ3n) is 6.30. The van der Waals surface area contributed by atoms with Crippen molar-refractivity contribution in [1.29, 1.82) is 0 Å². The Kier molecular flexibility index (Phi) is 11.9. The Morgan fingerprint density at radius 1 is 0.929 bits per heavy atom. The lowest BCUT2D eigenvalue weighted by Gasteiger charge is -2.30. The fourth-order valence-corrected chi connectivity index (χ4v) is 4.33.